The lowest BCUT2D eigenvalue weighted by atomic mass is 10.1. The van der Waals surface area contributed by atoms with E-state index < -0.39 is 0 Å². The molecule has 4 heteroatoms. The van der Waals surface area contributed by atoms with Crippen LogP contribution in [-0.2, 0) is 9.59 Å². The van der Waals surface area contributed by atoms with Crippen molar-refractivity contribution in [1.29, 1.82) is 0 Å². The summed E-state index contributed by atoms with van der Waals surface area (Å²) in [5.74, 6) is 2.73. The van der Waals surface area contributed by atoms with E-state index in [2.05, 4.69) is 11.2 Å². The summed E-state index contributed by atoms with van der Waals surface area (Å²) in [4.78, 5) is 25.0. The molecule has 0 aromatic carbocycles. The molecule has 0 aromatic heterocycles. The van der Waals surface area contributed by atoms with E-state index in [4.69, 9.17) is 6.42 Å². The fraction of sp³-hybridized carbons (Fsp3) is 0.636. The standard InChI is InChI=1S/C11H14N2O2/c1-2-6-13-7-5-9(14)12-10(11(13)15)8-3-4-8/h1,8,10H,3-7H2,(H,12,14). The Hall–Kier alpha value is -1.50. The fourth-order valence-electron chi connectivity index (χ4n) is 1.87. The largest absolute Gasteiger partial charge is 0.344 e. The van der Waals surface area contributed by atoms with E-state index in [1.54, 1.807) is 4.90 Å². The molecule has 1 aliphatic heterocycles. The third-order valence-corrected chi connectivity index (χ3v) is 2.88. The van der Waals surface area contributed by atoms with Crippen molar-refractivity contribution in [3.8, 4) is 12.3 Å². The number of carbonyl (C=O) groups excluding carboxylic acids is 2. The van der Waals surface area contributed by atoms with Crippen molar-refractivity contribution in [2.45, 2.75) is 25.3 Å². The number of hydrogen-bond acceptors (Lipinski definition) is 2. The van der Waals surface area contributed by atoms with Gasteiger partial charge in [0.2, 0.25) is 11.8 Å². The molecule has 80 valence electrons. The molecular formula is C11H14N2O2. The van der Waals surface area contributed by atoms with E-state index in [1.165, 1.54) is 0 Å². The van der Waals surface area contributed by atoms with Gasteiger partial charge >= 0.3 is 0 Å². The summed E-state index contributed by atoms with van der Waals surface area (Å²) in [5, 5.41) is 2.78. The van der Waals surface area contributed by atoms with Crippen LogP contribution < -0.4 is 5.32 Å². The summed E-state index contributed by atoms with van der Waals surface area (Å²) in [6.07, 6.45) is 7.61. The van der Waals surface area contributed by atoms with E-state index in [-0.39, 0.29) is 17.9 Å². The first kappa shape index (κ1) is 10.0. The van der Waals surface area contributed by atoms with Crippen molar-refractivity contribution in [1.82, 2.24) is 10.2 Å². The van der Waals surface area contributed by atoms with Crippen LogP contribution in [0.25, 0.3) is 0 Å². The van der Waals surface area contributed by atoms with Crippen molar-refractivity contribution in [3.05, 3.63) is 0 Å². The Morgan fingerprint density at radius 1 is 1.47 bits per heavy atom. The van der Waals surface area contributed by atoms with Crippen LogP contribution >= 0.6 is 0 Å². The fourth-order valence-corrected chi connectivity index (χ4v) is 1.87. The van der Waals surface area contributed by atoms with E-state index >= 15 is 0 Å². The number of nitrogens with one attached hydrogen (secondary N) is 1. The Labute approximate surface area is 89.0 Å². The summed E-state index contributed by atoms with van der Waals surface area (Å²) >= 11 is 0. The van der Waals surface area contributed by atoms with Gasteiger partial charge in [0.25, 0.3) is 0 Å². The monoisotopic (exact) mass is 206 g/mol. The van der Waals surface area contributed by atoms with Crippen molar-refractivity contribution >= 4 is 11.8 Å². The molecule has 2 aliphatic rings. The van der Waals surface area contributed by atoms with Gasteiger partial charge in [-0.25, -0.2) is 0 Å². The second-order valence-corrected chi connectivity index (χ2v) is 4.10. The second kappa shape index (κ2) is 3.93. The lowest BCUT2D eigenvalue weighted by Gasteiger charge is -2.21. The Kier molecular flexibility index (Phi) is 2.63. The Morgan fingerprint density at radius 2 is 2.20 bits per heavy atom. The number of hydrogen-bond donors (Lipinski definition) is 1. The molecule has 0 radical (unpaired) electrons. The van der Waals surface area contributed by atoms with Gasteiger partial charge < -0.3 is 10.2 Å². The lowest BCUT2D eigenvalue weighted by Crippen LogP contribution is -2.46. The van der Waals surface area contributed by atoms with Crippen LogP contribution in [0, 0.1) is 18.3 Å². The van der Waals surface area contributed by atoms with Gasteiger partial charge in [-0.2, -0.15) is 0 Å². The molecule has 0 spiro atoms. The average Bonchev–Trinajstić information content (AvgIpc) is 3.02. The molecule has 1 saturated heterocycles. The zero-order chi connectivity index (χ0) is 10.8. The topological polar surface area (TPSA) is 49.4 Å². The van der Waals surface area contributed by atoms with E-state index in [9.17, 15) is 9.59 Å². The Balaban J connectivity index is 2.11. The normalized spacial score (nSPS) is 26.9. The third kappa shape index (κ3) is 2.12. The number of terminal acetylenes is 1. The van der Waals surface area contributed by atoms with Crippen LogP contribution in [0.2, 0.25) is 0 Å². The van der Waals surface area contributed by atoms with Crippen molar-refractivity contribution < 1.29 is 9.59 Å². The van der Waals surface area contributed by atoms with Crippen LogP contribution in [0.1, 0.15) is 19.3 Å². The van der Waals surface area contributed by atoms with Crippen LogP contribution in [0.4, 0.5) is 0 Å². The highest BCUT2D eigenvalue weighted by Gasteiger charge is 2.40. The molecule has 1 aliphatic carbocycles. The minimum atomic E-state index is -0.326. The van der Waals surface area contributed by atoms with Gasteiger partial charge in [-0.1, -0.05) is 5.92 Å². The van der Waals surface area contributed by atoms with E-state index in [0.29, 0.717) is 25.4 Å². The van der Waals surface area contributed by atoms with Crippen LogP contribution in [0.3, 0.4) is 0 Å². The molecule has 4 nitrogen and oxygen atoms in total. The number of nitrogens with zero attached hydrogens (tertiary/aromatic N) is 1. The first-order valence-corrected chi connectivity index (χ1v) is 5.24. The molecule has 0 aromatic rings. The van der Waals surface area contributed by atoms with Crippen LogP contribution in [0.15, 0.2) is 0 Å². The highest BCUT2D eigenvalue weighted by atomic mass is 16.2. The highest BCUT2D eigenvalue weighted by molar-refractivity contribution is 5.90. The maximum atomic E-state index is 12.0. The summed E-state index contributed by atoms with van der Waals surface area (Å²) < 4.78 is 0. The molecule has 2 fully saturated rings. The highest BCUT2D eigenvalue weighted by Crippen LogP contribution is 2.34. The molecule has 1 N–H and O–H groups in total. The second-order valence-electron chi connectivity index (χ2n) is 4.10. The predicted molar refractivity (Wildman–Crippen MR) is 54.7 cm³/mol. The molecule has 1 saturated carbocycles. The maximum Gasteiger partial charge on any atom is 0.246 e. The van der Waals surface area contributed by atoms with E-state index in [0.717, 1.165) is 12.8 Å². The van der Waals surface area contributed by atoms with Gasteiger partial charge in [0.1, 0.15) is 6.04 Å². The Bertz CT molecular complexity index is 328. The Morgan fingerprint density at radius 3 is 2.80 bits per heavy atom. The summed E-state index contributed by atoms with van der Waals surface area (Å²) in [7, 11) is 0. The van der Waals surface area contributed by atoms with Gasteiger partial charge in [-0.3, -0.25) is 9.59 Å². The molecule has 15 heavy (non-hydrogen) atoms. The number of rotatable bonds is 2. The minimum absolute atomic E-state index is 0.0127. The zero-order valence-electron chi connectivity index (χ0n) is 8.53. The average molecular weight is 206 g/mol. The molecule has 0 bridgehead atoms. The van der Waals surface area contributed by atoms with Gasteiger partial charge in [0.05, 0.1) is 6.54 Å². The van der Waals surface area contributed by atoms with Gasteiger partial charge in [0.15, 0.2) is 0 Å². The number of carbonyl (C=O) groups is 2. The number of amides is 2. The summed E-state index contributed by atoms with van der Waals surface area (Å²) in [6.45, 7) is 0.745. The molecule has 1 unspecified atom stereocenters. The summed E-state index contributed by atoms with van der Waals surface area (Å²) in [6, 6.07) is -0.326. The van der Waals surface area contributed by atoms with Gasteiger partial charge in [-0.05, 0) is 18.8 Å². The van der Waals surface area contributed by atoms with Gasteiger partial charge in [0, 0.05) is 13.0 Å². The molecular weight excluding hydrogens is 192 g/mol. The predicted octanol–water partition coefficient (Wildman–Crippen LogP) is -0.253. The van der Waals surface area contributed by atoms with Gasteiger partial charge in [-0.15, -0.1) is 6.42 Å². The molecule has 2 rings (SSSR count). The molecule has 1 atom stereocenters. The third-order valence-electron chi connectivity index (χ3n) is 2.88. The van der Waals surface area contributed by atoms with E-state index in [1.807, 2.05) is 0 Å². The first-order chi connectivity index (χ1) is 7.22. The zero-order valence-corrected chi connectivity index (χ0v) is 8.53. The van der Waals surface area contributed by atoms with Crippen molar-refractivity contribution in [3.63, 3.8) is 0 Å². The first-order valence-electron chi connectivity index (χ1n) is 5.24. The van der Waals surface area contributed by atoms with Crippen LogP contribution in [-0.4, -0.2) is 35.8 Å². The maximum absolute atomic E-state index is 12.0. The van der Waals surface area contributed by atoms with Crippen molar-refractivity contribution in [2.75, 3.05) is 13.1 Å². The van der Waals surface area contributed by atoms with Crippen LogP contribution in [0.5, 0.6) is 0 Å². The lowest BCUT2D eigenvalue weighted by molar-refractivity contribution is -0.133. The smallest absolute Gasteiger partial charge is 0.246 e. The SMILES string of the molecule is C#CCN1CCC(=O)NC(C2CC2)C1=O. The molecule has 2 amide bonds. The summed E-state index contributed by atoms with van der Waals surface area (Å²) in [5.41, 5.74) is 0. The molecule has 1 heterocycles. The quantitative estimate of drug-likeness (QED) is 0.633. The van der Waals surface area contributed by atoms with Crippen molar-refractivity contribution in [2.24, 2.45) is 5.92 Å². The minimum Gasteiger partial charge on any atom is -0.344 e.